The van der Waals surface area contributed by atoms with Crippen LogP contribution < -0.4 is 10.1 Å². The van der Waals surface area contributed by atoms with Crippen LogP contribution in [0.2, 0.25) is 5.02 Å². The number of nitrogens with zero attached hydrogens (tertiary/aromatic N) is 2. The lowest BCUT2D eigenvalue weighted by atomic mass is 10.2. The normalized spacial score (nSPS) is 9.74. The van der Waals surface area contributed by atoms with Crippen molar-refractivity contribution in [3.05, 3.63) is 52.8 Å². The Morgan fingerprint density at radius 1 is 1.37 bits per heavy atom. The van der Waals surface area contributed by atoms with Gasteiger partial charge in [-0.2, -0.15) is 5.26 Å². The highest BCUT2D eigenvalue weighted by atomic mass is 35.5. The van der Waals surface area contributed by atoms with Gasteiger partial charge in [-0.25, -0.2) is 4.98 Å². The quantitative estimate of drug-likeness (QED) is 0.929. The molecule has 0 saturated carbocycles. The molecular weight excluding hydrogens is 262 g/mol. The van der Waals surface area contributed by atoms with E-state index in [1.165, 1.54) is 0 Å². The van der Waals surface area contributed by atoms with Gasteiger partial charge < -0.3 is 10.1 Å². The molecule has 0 aliphatic heterocycles. The van der Waals surface area contributed by atoms with Gasteiger partial charge in [-0.15, -0.1) is 0 Å². The molecule has 0 spiro atoms. The van der Waals surface area contributed by atoms with E-state index < -0.39 is 0 Å². The molecule has 1 heterocycles. The lowest BCUT2D eigenvalue weighted by Crippen LogP contribution is -2.02. The van der Waals surface area contributed by atoms with Crippen molar-refractivity contribution >= 4 is 17.3 Å². The average Bonchev–Trinajstić information content (AvgIpc) is 2.45. The second-order valence-electron chi connectivity index (χ2n) is 3.86. The van der Waals surface area contributed by atoms with Crippen molar-refractivity contribution < 1.29 is 4.74 Å². The number of aromatic nitrogens is 1. The highest BCUT2D eigenvalue weighted by Gasteiger charge is 2.04. The molecule has 1 aromatic carbocycles. The predicted molar refractivity (Wildman–Crippen MR) is 74.3 cm³/mol. The van der Waals surface area contributed by atoms with Crippen LogP contribution in [0, 0.1) is 11.3 Å². The third kappa shape index (κ3) is 3.36. The van der Waals surface area contributed by atoms with Gasteiger partial charge in [0.1, 0.15) is 17.5 Å². The average molecular weight is 274 g/mol. The van der Waals surface area contributed by atoms with E-state index >= 15 is 0 Å². The summed E-state index contributed by atoms with van der Waals surface area (Å²) in [5.41, 5.74) is 2.18. The van der Waals surface area contributed by atoms with Crippen molar-refractivity contribution in [1.82, 2.24) is 4.98 Å². The summed E-state index contributed by atoms with van der Waals surface area (Å²) in [6.07, 6.45) is 1.62. The summed E-state index contributed by atoms with van der Waals surface area (Å²) in [7, 11) is 1.61. The fourth-order valence-corrected chi connectivity index (χ4v) is 1.83. The minimum Gasteiger partial charge on any atom is -0.495 e. The third-order valence-electron chi connectivity index (χ3n) is 2.58. The number of rotatable bonds is 4. The maximum absolute atomic E-state index is 8.80. The molecule has 96 valence electrons. The number of nitriles is 1. The van der Waals surface area contributed by atoms with E-state index in [2.05, 4.69) is 10.3 Å². The van der Waals surface area contributed by atoms with Crippen LogP contribution in [0.25, 0.3) is 0 Å². The molecule has 1 aromatic heterocycles. The van der Waals surface area contributed by atoms with Crippen molar-refractivity contribution in [2.45, 2.75) is 6.54 Å². The summed E-state index contributed by atoms with van der Waals surface area (Å²) >= 11 is 5.95. The summed E-state index contributed by atoms with van der Waals surface area (Å²) in [5.74, 6) is 0.721. The zero-order valence-corrected chi connectivity index (χ0v) is 11.1. The van der Waals surface area contributed by atoms with E-state index in [0.717, 1.165) is 17.0 Å². The minimum atomic E-state index is 0.400. The highest BCUT2D eigenvalue weighted by molar-refractivity contribution is 6.30. The standard InChI is InChI=1S/C14H12ClN3O/c1-19-14-3-2-11(15)7-13(14)18-9-10-4-5-17-12(6-10)8-16/h2-7,18H,9H2,1H3. The van der Waals surface area contributed by atoms with Crippen molar-refractivity contribution in [2.75, 3.05) is 12.4 Å². The van der Waals surface area contributed by atoms with Crippen LogP contribution in [0.5, 0.6) is 5.75 Å². The Bertz CT molecular complexity index is 622. The number of methoxy groups -OCH3 is 1. The van der Waals surface area contributed by atoms with Gasteiger partial charge in [-0.05, 0) is 35.9 Å². The molecule has 2 aromatic rings. The van der Waals surface area contributed by atoms with Crippen molar-refractivity contribution in [2.24, 2.45) is 0 Å². The zero-order valence-electron chi connectivity index (χ0n) is 10.4. The number of anilines is 1. The van der Waals surface area contributed by atoms with E-state index in [0.29, 0.717) is 17.3 Å². The maximum Gasteiger partial charge on any atom is 0.142 e. The van der Waals surface area contributed by atoms with Crippen LogP contribution >= 0.6 is 11.6 Å². The molecule has 0 aliphatic carbocycles. The third-order valence-corrected chi connectivity index (χ3v) is 2.82. The first-order valence-electron chi connectivity index (χ1n) is 5.65. The van der Waals surface area contributed by atoms with Crippen molar-refractivity contribution in [3.63, 3.8) is 0 Å². The fraction of sp³-hybridized carbons (Fsp3) is 0.143. The Morgan fingerprint density at radius 2 is 2.21 bits per heavy atom. The largest absolute Gasteiger partial charge is 0.495 e. The molecule has 0 atom stereocenters. The Morgan fingerprint density at radius 3 is 2.95 bits per heavy atom. The van der Waals surface area contributed by atoms with E-state index in [-0.39, 0.29) is 0 Å². The van der Waals surface area contributed by atoms with Crippen LogP contribution in [0.15, 0.2) is 36.5 Å². The SMILES string of the molecule is COc1ccc(Cl)cc1NCc1ccnc(C#N)c1. The molecule has 0 bridgehead atoms. The number of benzene rings is 1. The Labute approximate surface area is 116 Å². The molecule has 4 nitrogen and oxygen atoms in total. The number of halogens is 1. The van der Waals surface area contributed by atoms with Gasteiger partial charge in [0, 0.05) is 17.8 Å². The van der Waals surface area contributed by atoms with Crippen LogP contribution in [0.4, 0.5) is 5.69 Å². The molecule has 19 heavy (non-hydrogen) atoms. The van der Waals surface area contributed by atoms with Gasteiger partial charge in [0.05, 0.1) is 12.8 Å². The minimum absolute atomic E-state index is 0.400. The molecule has 0 amide bonds. The lowest BCUT2D eigenvalue weighted by Gasteiger charge is -2.11. The summed E-state index contributed by atoms with van der Waals surface area (Å²) in [4.78, 5) is 3.93. The second kappa shape index (κ2) is 6.07. The molecule has 0 radical (unpaired) electrons. The van der Waals surface area contributed by atoms with Crippen molar-refractivity contribution in [1.29, 1.82) is 5.26 Å². The van der Waals surface area contributed by atoms with E-state index in [1.54, 1.807) is 37.6 Å². The number of nitrogens with one attached hydrogen (secondary N) is 1. The summed E-state index contributed by atoms with van der Waals surface area (Å²) in [6.45, 7) is 0.563. The van der Waals surface area contributed by atoms with Gasteiger partial charge in [0.15, 0.2) is 0 Å². The monoisotopic (exact) mass is 273 g/mol. The van der Waals surface area contributed by atoms with Gasteiger partial charge in [0.25, 0.3) is 0 Å². The summed E-state index contributed by atoms with van der Waals surface area (Å²) in [5, 5.41) is 12.7. The maximum atomic E-state index is 8.80. The summed E-state index contributed by atoms with van der Waals surface area (Å²) < 4.78 is 5.25. The molecule has 0 aliphatic rings. The van der Waals surface area contributed by atoms with Crippen molar-refractivity contribution in [3.8, 4) is 11.8 Å². The molecule has 0 saturated heterocycles. The first kappa shape index (κ1) is 13.2. The smallest absolute Gasteiger partial charge is 0.142 e. The number of hydrogen-bond donors (Lipinski definition) is 1. The van der Waals surface area contributed by atoms with Crippen LogP contribution in [0.1, 0.15) is 11.3 Å². The molecule has 0 unspecified atom stereocenters. The van der Waals surface area contributed by atoms with E-state index in [9.17, 15) is 0 Å². The van der Waals surface area contributed by atoms with Gasteiger partial charge in [-0.3, -0.25) is 0 Å². The molecule has 0 fully saturated rings. The van der Waals surface area contributed by atoms with E-state index in [1.807, 2.05) is 12.1 Å². The van der Waals surface area contributed by atoms with Crippen LogP contribution in [-0.2, 0) is 6.54 Å². The number of ether oxygens (including phenoxy) is 1. The Kier molecular flexibility index (Phi) is 4.22. The topological polar surface area (TPSA) is 57.9 Å². The fourth-order valence-electron chi connectivity index (χ4n) is 1.66. The second-order valence-corrected chi connectivity index (χ2v) is 4.30. The van der Waals surface area contributed by atoms with Crippen LogP contribution in [-0.4, -0.2) is 12.1 Å². The van der Waals surface area contributed by atoms with Gasteiger partial charge in [-0.1, -0.05) is 11.6 Å². The predicted octanol–water partition coefficient (Wildman–Crippen LogP) is 3.23. The zero-order chi connectivity index (χ0) is 13.7. The first-order valence-corrected chi connectivity index (χ1v) is 6.03. The van der Waals surface area contributed by atoms with Gasteiger partial charge in [0.2, 0.25) is 0 Å². The van der Waals surface area contributed by atoms with Gasteiger partial charge >= 0.3 is 0 Å². The number of hydrogen-bond acceptors (Lipinski definition) is 4. The first-order chi connectivity index (χ1) is 9.22. The van der Waals surface area contributed by atoms with E-state index in [4.69, 9.17) is 21.6 Å². The number of pyridine rings is 1. The molecule has 2 rings (SSSR count). The Hall–Kier alpha value is -2.25. The Balaban J connectivity index is 2.14. The summed E-state index contributed by atoms with van der Waals surface area (Å²) in [6, 6.07) is 11.0. The molecule has 5 heteroatoms. The highest BCUT2D eigenvalue weighted by Crippen LogP contribution is 2.28. The van der Waals surface area contributed by atoms with Crippen LogP contribution in [0.3, 0.4) is 0 Å². The molecule has 1 N–H and O–H groups in total. The molecular formula is C14H12ClN3O. The lowest BCUT2D eigenvalue weighted by molar-refractivity contribution is 0.416.